The van der Waals surface area contributed by atoms with Crippen molar-refractivity contribution in [1.82, 2.24) is 14.8 Å². The predicted octanol–water partition coefficient (Wildman–Crippen LogP) is 8.74. The minimum absolute atomic E-state index is 0.102. The molecule has 0 bridgehead atoms. The average Bonchev–Trinajstić information content (AvgIpc) is 3.69. The molecule has 1 unspecified atom stereocenters. The molecule has 0 radical (unpaired) electrons. The van der Waals surface area contributed by atoms with E-state index in [9.17, 15) is 13.2 Å². The van der Waals surface area contributed by atoms with Crippen LogP contribution in [0.15, 0.2) is 90.2 Å². The van der Waals surface area contributed by atoms with E-state index in [1.807, 2.05) is 73.3 Å². The third-order valence-electron chi connectivity index (χ3n) is 8.02. The minimum Gasteiger partial charge on any atom is -0.468 e. The van der Waals surface area contributed by atoms with Crippen LogP contribution < -0.4 is 4.74 Å². The van der Waals surface area contributed by atoms with E-state index in [2.05, 4.69) is 38.3 Å². The number of fused-ring (bicyclic) bond motifs is 1. The van der Waals surface area contributed by atoms with Gasteiger partial charge in [0.05, 0.1) is 24.6 Å². The summed E-state index contributed by atoms with van der Waals surface area (Å²) in [5.74, 6) is -1.42. The molecule has 3 aromatic carbocycles. The quantitative estimate of drug-likeness (QED) is 0.115. The SMILES string of the molecule is C=Cc1c(Oc2cccc(-c3ccn(C(CCCC(C)(C)CS(=O)(=O)CC(=O)OC)c4cccc(Br)c4)n3)c2)c(F)cc2[nH]ccc12. The van der Waals surface area contributed by atoms with E-state index in [0.29, 0.717) is 29.7 Å². The van der Waals surface area contributed by atoms with Gasteiger partial charge in [-0.05, 0) is 60.2 Å². The van der Waals surface area contributed by atoms with Crippen molar-refractivity contribution in [3.05, 3.63) is 107 Å². The summed E-state index contributed by atoms with van der Waals surface area (Å²) in [6, 6.07) is 20.5. The lowest BCUT2D eigenvalue weighted by molar-refractivity contribution is -0.137. The van der Waals surface area contributed by atoms with Crippen LogP contribution in [-0.2, 0) is 19.4 Å². The van der Waals surface area contributed by atoms with Crippen molar-refractivity contribution in [1.29, 1.82) is 0 Å². The number of rotatable bonds is 14. The molecule has 246 valence electrons. The number of esters is 1. The first-order valence-electron chi connectivity index (χ1n) is 15.2. The summed E-state index contributed by atoms with van der Waals surface area (Å²) in [6.07, 6.45) is 7.31. The molecule has 0 saturated heterocycles. The van der Waals surface area contributed by atoms with Crippen molar-refractivity contribution in [2.24, 2.45) is 5.41 Å². The van der Waals surface area contributed by atoms with Crippen LogP contribution in [0.1, 0.15) is 50.3 Å². The Kier molecular flexibility index (Phi) is 10.4. The van der Waals surface area contributed by atoms with Crippen LogP contribution in [0, 0.1) is 11.2 Å². The molecule has 0 amide bonds. The number of ether oxygens (including phenoxy) is 2. The molecule has 0 aliphatic rings. The molecular formula is C36H37BrFN3O5S. The smallest absolute Gasteiger partial charge is 0.320 e. The molecule has 2 heterocycles. The number of nitrogens with one attached hydrogen (secondary N) is 1. The zero-order valence-corrected chi connectivity index (χ0v) is 28.9. The van der Waals surface area contributed by atoms with Crippen molar-refractivity contribution in [3.8, 4) is 22.8 Å². The van der Waals surface area contributed by atoms with Crippen LogP contribution in [-0.4, -0.2) is 47.8 Å². The number of benzene rings is 3. The van der Waals surface area contributed by atoms with E-state index in [1.165, 1.54) is 13.2 Å². The van der Waals surface area contributed by atoms with Crippen molar-refractivity contribution >= 4 is 48.7 Å². The number of hydrogen-bond donors (Lipinski definition) is 1. The zero-order chi connectivity index (χ0) is 33.8. The summed E-state index contributed by atoms with van der Waals surface area (Å²) in [4.78, 5) is 14.6. The van der Waals surface area contributed by atoms with E-state index < -0.39 is 32.8 Å². The van der Waals surface area contributed by atoms with Crippen molar-refractivity contribution in [2.75, 3.05) is 18.6 Å². The van der Waals surface area contributed by atoms with E-state index in [0.717, 1.165) is 33.1 Å². The molecule has 1 atom stereocenters. The van der Waals surface area contributed by atoms with Gasteiger partial charge in [0.1, 0.15) is 11.5 Å². The molecule has 0 aliphatic heterocycles. The molecule has 47 heavy (non-hydrogen) atoms. The maximum atomic E-state index is 15.1. The largest absolute Gasteiger partial charge is 0.468 e. The number of aromatic nitrogens is 3. The van der Waals surface area contributed by atoms with Crippen molar-refractivity contribution in [3.63, 3.8) is 0 Å². The Balaban J connectivity index is 1.36. The maximum absolute atomic E-state index is 15.1. The molecule has 5 aromatic rings. The van der Waals surface area contributed by atoms with Gasteiger partial charge in [0.15, 0.2) is 21.4 Å². The Morgan fingerprint density at radius 2 is 1.94 bits per heavy atom. The Labute approximate surface area is 282 Å². The summed E-state index contributed by atoms with van der Waals surface area (Å²) in [7, 11) is -2.43. The van der Waals surface area contributed by atoms with Crippen LogP contribution in [0.2, 0.25) is 0 Å². The third kappa shape index (κ3) is 8.39. The van der Waals surface area contributed by atoms with Gasteiger partial charge in [0.25, 0.3) is 0 Å². The lowest BCUT2D eigenvalue weighted by atomic mass is 9.88. The fraction of sp³-hybridized carbons (Fsp3) is 0.278. The van der Waals surface area contributed by atoms with Gasteiger partial charge in [-0.3, -0.25) is 9.48 Å². The van der Waals surface area contributed by atoms with Gasteiger partial charge in [-0.25, -0.2) is 12.8 Å². The van der Waals surface area contributed by atoms with E-state index in [-0.39, 0.29) is 17.5 Å². The molecular weight excluding hydrogens is 685 g/mol. The third-order valence-corrected chi connectivity index (χ3v) is 10.4. The number of carbonyl (C=O) groups is 1. The Morgan fingerprint density at radius 3 is 2.68 bits per heavy atom. The van der Waals surface area contributed by atoms with Gasteiger partial charge in [0.2, 0.25) is 0 Å². The highest BCUT2D eigenvalue weighted by molar-refractivity contribution is 9.10. The molecule has 2 aromatic heterocycles. The fourth-order valence-electron chi connectivity index (χ4n) is 5.89. The number of H-pyrrole nitrogens is 1. The number of carbonyl (C=O) groups excluding carboxylic acids is 1. The van der Waals surface area contributed by atoms with E-state index >= 15 is 4.39 Å². The molecule has 0 fully saturated rings. The minimum atomic E-state index is -3.61. The van der Waals surface area contributed by atoms with Gasteiger partial charge < -0.3 is 14.5 Å². The second-order valence-corrected chi connectivity index (χ2v) is 15.3. The normalized spacial score (nSPS) is 12.6. The first-order chi connectivity index (χ1) is 22.4. The standard InChI is InChI=1S/C36H37BrFN3O5S/c1-5-28-29-14-17-39-32(29)21-30(38)35(28)46-27-12-7-9-24(20-27)31-15-18-41(40-31)33(25-10-6-11-26(37)19-25)13-8-16-36(2,3)23-47(43,44)22-34(42)45-4/h5-7,9-12,14-15,17-21,33,39H,1,8,13,16,22-23H2,2-4H3. The number of nitrogens with zero attached hydrogens (tertiary/aromatic N) is 2. The summed E-state index contributed by atoms with van der Waals surface area (Å²) in [5.41, 5.74) is 3.26. The number of hydrogen-bond acceptors (Lipinski definition) is 6. The van der Waals surface area contributed by atoms with Crippen LogP contribution in [0.4, 0.5) is 4.39 Å². The molecule has 0 aliphatic carbocycles. The number of methoxy groups -OCH3 is 1. The van der Waals surface area contributed by atoms with Gasteiger partial charge in [-0.2, -0.15) is 5.10 Å². The summed E-state index contributed by atoms with van der Waals surface area (Å²) in [6.45, 7) is 7.66. The van der Waals surface area contributed by atoms with Crippen LogP contribution in [0.5, 0.6) is 11.5 Å². The van der Waals surface area contributed by atoms with Crippen molar-refractivity contribution < 1.29 is 27.1 Å². The highest BCUT2D eigenvalue weighted by atomic mass is 79.9. The Morgan fingerprint density at radius 1 is 1.15 bits per heavy atom. The summed E-state index contributed by atoms with van der Waals surface area (Å²) < 4.78 is 53.8. The topological polar surface area (TPSA) is 103 Å². The molecule has 0 saturated carbocycles. The molecule has 0 spiro atoms. The molecule has 1 N–H and O–H groups in total. The Hall–Kier alpha value is -4.22. The number of sulfone groups is 1. The van der Waals surface area contributed by atoms with Crippen LogP contribution in [0.25, 0.3) is 28.2 Å². The van der Waals surface area contributed by atoms with Gasteiger partial charge >= 0.3 is 5.97 Å². The summed E-state index contributed by atoms with van der Waals surface area (Å²) >= 11 is 3.58. The van der Waals surface area contributed by atoms with Crippen molar-refractivity contribution in [2.45, 2.75) is 39.2 Å². The fourth-order valence-corrected chi connectivity index (χ4v) is 8.22. The van der Waals surface area contributed by atoms with E-state index in [4.69, 9.17) is 9.84 Å². The Bertz CT molecular complexity index is 2020. The van der Waals surface area contributed by atoms with E-state index in [1.54, 1.807) is 18.3 Å². The van der Waals surface area contributed by atoms with Gasteiger partial charge in [0, 0.05) is 45.0 Å². The van der Waals surface area contributed by atoms with Gasteiger partial charge in [-0.15, -0.1) is 0 Å². The highest BCUT2D eigenvalue weighted by Gasteiger charge is 2.29. The molecule has 8 nitrogen and oxygen atoms in total. The lowest BCUT2D eigenvalue weighted by Crippen LogP contribution is -2.29. The van der Waals surface area contributed by atoms with Crippen LogP contribution in [0.3, 0.4) is 0 Å². The molecule has 5 rings (SSSR count). The second-order valence-electron chi connectivity index (χ2n) is 12.3. The first-order valence-corrected chi connectivity index (χ1v) is 17.8. The molecule has 11 heteroatoms. The average molecular weight is 723 g/mol. The first kappa shape index (κ1) is 34.1. The van der Waals surface area contributed by atoms with Crippen LogP contribution >= 0.6 is 15.9 Å². The highest BCUT2D eigenvalue weighted by Crippen LogP contribution is 2.37. The van der Waals surface area contributed by atoms with Gasteiger partial charge in [-0.1, -0.05) is 73.1 Å². The zero-order valence-electron chi connectivity index (χ0n) is 26.5. The lowest BCUT2D eigenvalue weighted by Gasteiger charge is -2.26. The summed E-state index contributed by atoms with van der Waals surface area (Å²) in [5, 5.41) is 5.76. The second kappa shape index (κ2) is 14.3. The monoisotopic (exact) mass is 721 g/mol. The predicted molar refractivity (Wildman–Crippen MR) is 187 cm³/mol. The number of halogens is 2. The number of aromatic amines is 1. The maximum Gasteiger partial charge on any atom is 0.320 e.